The molecule has 0 unspecified atom stereocenters. The van der Waals surface area contributed by atoms with Gasteiger partial charge in [0.15, 0.2) is 5.13 Å². The Balaban J connectivity index is 1.45. The zero-order valence-corrected chi connectivity index (χ0v) is 14.9. The van der Waals surface area contributed by atoms with Gasteiger partial charge in [-0.3, -0.25) is 4.79 Å². The van der Waals surface area contributed by atoms with E-state index >= 15 is 0 Å². The number of anilines is 2. The lowest BCUT2D eigenvalue weighted by Gasteiger charge is -2.21. The summed E-state index contributed by atoms with van der Waals surface area (Å²) in [4.78, 5) is 23.4. The lowest BCUT2D eigenvalue weighted by molar-refractivity contribution is -0.126. The highest BCUT2D eigenvalue weighted by Crippen LogP contribution is 2.34. The molecule has 1 N–H and O–H groups in total. The SMILES string of the molecule is O=C(/C=C/c1ccco1)N1CCC[C@H]1c1csc(Nc2ccccn2)n1. The second-order valence-electron chi connectivity index (χ2n) is 5.96. The third-order valence-corrected chi connectivity index (χ3v) is 5.01. The minimum Gasteiger partial charge on any atom is -0.465 e. The fourth-order valence-electron chi connectivity index (χ4n) is 3.02. The van der Waals surface area contributed by atoms with E-state index in [0.29, 0.717) is 5.76 Å². The lowest BCUT2D eigenvalue weighted by Crippen LogP contribution is -2.29. The largest absolute Gasteiger partial charge is 0.465 e. The fourth-order valence-corrected chi connectivity index (χ4v) is 3.78. The van der Waals surface area contributed by atoms with Crippen molar-refractivity contribution in [1.82, 2.24) is 14.9 Å². The first-order chi connectivity index (χ1) is 12.8. The molecule has 0 aliphatic carbocycles. The van der Waals surface area contributed by atoms with Gasteiger partial charge < -0.3 is 14.6 Å². The molecule has 1 aliphatic rings. The van der Waals surface area contributed by atoms with Gasteiger partial charge in [0.2, 0.25) is 5.91 Å². The van der Waals surface area contributed by atoms with Gasteiger partial charge in [0.25, 0.3) is 0 Å². The van der Waals surface area contributed by atoms with Crippen LogP contribution in [0.1, 0.15) is 30.3 Å². The van der Waals surface area contributed by atoms with Crippen molar-refractivity contribution in [2.45, 2.75) is 18.9 Å². The molecule has 3 aromatic rings. The Morgan fingerprint density at radius 1 is 1.35 bits per heavy atom. The van der Waals surface area contributed by atoms with Gasteiger partial charge in [-0.05, 0) is 43.2 Å². The predicted molar refractivity (Wildman–Crippen MR) is 101 cm³/mol. The van der Waals surface area contributed by atoms with Crippen molar-refractivity contribution in [3.05, 3.63) is 65.7 Å². The molecule has 1 atom stereocenters. The van der Waals surface area contributed by atoms with Crippen molar-refractivity contribution in [1.29, 1.82) is 0 Å². The topological polar surface area (TPSA) is 71.3 Å². The predicted octanol–water partition coefficient (Wildman–Crippen LogP) is 4.25. The summed E-state index contributed by atoms with van der Waals surface area (Å²) in [6.45, 7) is 0.743. The Morgan fingerprint density at radius 2 is 2.31 bits per heavy atom. The van der Waals surface area contributed by atoms with E-state index in [2.05, 4.69) is 15.3 Å². The molecule has 1 fully saturated rings. The highest BCUT2D eigenvalue weighted by atomic mass is 32.1. The molecule has 4 rings (SSSR count). The van der Waals surface area contributed by atoms with Crippen molar-refractivity contribution in [2.75, 3.05) is 11.9 Å². The lowest BCUT2D eigenvalue weighted by atomic mass is 10.1. The number of aromatic nitrogens is 2. The van der Waals surface area contributed by atoms with Crippen LogP contribution < -0.4 is 5.32 Å². The van der Waals surface area contributed by atoms with Crippen LogP contribution in [0.15, 0.2) is 58.7 Å². The number of hydrogen-bond donors (Lipinski definition) is 1. The maximum atomic E-state index is 12.6. The van der Waals surface area contributed by atoms with E-state index in [4.69, 9.17) is 4.42 Å². The summed E-state index contributed by atoms with van der Waals surface area (Å²) in [5, 5.41) is 6.00. The average molecular weight is 366 g/mol. The van der Waals surface area contributed by atoms with Crippen molar-refractivity contribution in [3.63, 3.8) is 0 Å². The van der Waals surface area contributed by atoms with Crippen molar-refractivity contribution in [3.8, 4) is 0 Å². The third-order valence-electron chi connectivity index (χ3n) is 4.23. The molecule has 0 aromatic carbocycles. The third kappa shape index (κ3) is 3.67. The van der Waals surface area contributed by atoms with Gasteiger partial charge in [0.05, 0.1) is 18.0 Å². The Kier molecular flexibility index (Phi) is 4.79. The van der Waals surface area contributed by atoms with Crippen LogP contribution in [0.2, 0.25) is 0 Å². The van der Waals surface area contributed by atoms with Gasteiger partial charge in [-0.2, -0.15) is 0 Å². The summed E-state index contributed by atoms with van der Waals surface area (Å²) >= 11 is 1.52. The highest BCUT2D eigenvalue weighted by Gasteiger charge is 2.30. The van der Waals surface area contributed by atoms with Crippen molar-refractivity contribution in [2.24, 2.45) is 0 Å². The first-order valence-corrected chi connectivity index (χ1v) is 9.33. The molecule has 0 radical (unpaired) electrons. The number of likely N-dealkylation sites (tertiary alicyclic amines) is 1. The molecule has 1 amide bonds. The first kappa shape index (κ1) is 16.5. The molecule has 1 aliphatic heterocycles. The Morgan fingerprint density at radius 3 is 3.12 bits per heavy atom. The fraction of sp³-hybridized carbons (Fsp3) is 0.211. The van der Waals surface area contributed by atoms with E-state index in [1.807, 2.05) is 34.5 Å². The van der Waals surface area contributed by atoms with Crippen LogP contribution in [0.3, 0.4) is 0 Å². The number of carbonyl (C=O) groups excluding carboxylic acids is 1. The summed E-state index contributed by atoms with van der Waals surface area (Å²) < 4.78 is 5.24. The van der Waals surface area contributed by atoms with Gasteiger partial charge in [-0.15, -0.1) is 11.3 Å². The number of amides is 1. The van der Waals surface area contributed by atoms with Crippen LogP contribution in [0.4, 0.5) is 10.9 Å². The van der Waals surface area contributed by atoms with Crippen LogP contribution in [-0.2, 0) is 4.79 Å². The highest BCUT2D eigenvalue weighted by molar-refractivity contribution is 7.13. The molecule has 0 saturated carbocycles. The molecule has 6 nitrogen and oxygen atoms in total. The number of pyridine rings is 1. The van der Waals surface area contributed by atoms with Gasteiger partial charge in [0, 0.05) is 24.2 Å². The molecule has 1 saturated heterocycles. The number of rotatable bonds is 5. The molecule has 26 heavy (non-hydrogen) atoms. The minimum atomic E-state index is -0.0175. The maximum Gasteiger partial charge on any atom is 0.247 e. The smallest absolute Gasteiger partial charge is 0.247 e. The second-order valence-corrected chi connectivity index (χ2v) is 6.81. The first-order valence-electron chi connectivity index (χ1n) is 8.45. The van der Waals surface area contributed by atoms with Gasteiger partial charge >= 0.3 is 0 Å². The van der Waals surface area contributed by atoms with E-state index in [-0.39, 0.29) is 11.9 Å². The number of carbonyl (C=O) groups is 1. The van der Waals surface area contributed by atoms with Crippen molar-refractivity contribution < 1.29 is 9.21 Å². The summed E-state index contributed by atoms with van der Waals surface area (Å²) in [5.74, 6) is 1.41. The Labute approximate surface area is 155 Å². The monoisotopic (exact) mass is 366 g/mol. The summed E-state index contributed by atoms with van der Waals surface area (Å²) in [6.07, 6.45) is 8.50. The molecule has 132 valence electrons. The zero-order valence-electron chi connectivity index (χ0n) is 14.0. The average Bonchev–Trinajstić information content (AvgIpc) is 3.41. The molecule has 7 heteroatoms. The summed E-state index contributed by atoms with van der Waals surface area (Å²) in [6, 6.07) is 9.32. The van der Waals surface area contributed by atoms with Crippen molar-refractivity contribution >= 4 is 34.3 Å². The maximum absolute atomic E-state index is 12.6. The number of furan rings is 1. The van der Waals surface area contributed by atoms with Gasteiger partial charge in [-0.25, -0.2) is 9.97 Å². The number of thiazole rings is 1. The Hall–Kier alpha value is -2.93. The van der Waals surface area contributed by atoms with Gasteiger partial charge in [-0.1, -0.05) is 6.07 Å². The molecule has 4 heterocycles. The Bertz CT molecular complexity index is 889. The van der Waals surface area contributed by atoms with E-state index in [9.17, 15) is 4.79 Å². The molecular weight excluding hydrogens is 348 g/mol. The van der Waals surface area contributed by atoms with Gasteiger partial charge in [0.1, 0.15) is 11.6 Å². The van der Waals surface area contributed by atoms with E-state index in [0.717, 1.165) is 36.0 Å². The molecular formula is C19H18N4O2S. The van der Waals surface area contributed by atoms with E-state index in [1.165, 1.54) is 11.3 Å². The van der Waals surface area contributed by atoms with Crippen LogP contribution in [0, 0.1) is 0 Å². The van der Waals surface area contributed by atoms with Crippen LogP contribution >= 0.6 is 11.3 Å². The molecule has 0 bridgehead atoms. The minimum absolute atomic E-state index is 0.0132. The van der Waals surface area contributed by atoms with Crippen LogP contribution in [0.5, 0.6) is 0 Å². The van der Waals surface area contributed by atoms with E-state index < -0.39 is 0 Å². The van der Waals surface area contributed by atoms with E-state index in [1.54, 1.807) is 30.7 Å². The molecule has 3 aromatic heterocycles. The number of nitrogens with zero attached hydrogens (tertiary/aromatic N) is 3. The number of nitrogens with one attached hydrogen (secondary N) is 1. The standard InChI is InChI=1S/C19H18N4O2S/c24-18(9-8-14-5-4-12-25-14)23-11-3-6-16(23)15-13-26-19(21-15)22-17-7-1-2-10-20-17/h1-2,4-5,7-10,12-13,16H,3,6,11H2,(H,20,21,22)/b9-8+/t16-/m0/s1. The summed E-state index contributed by atoms with van der Waals surface area (Å²) in [5.41, 5.74) is 0.922. The molecule has 0 spiro atoms. The summed E-state index contributed by atoms with van der Waals surface area (Å²) in [7, 11) is 0. The quantitative estimate of drug-likeness (QED) is 0.684. The van der Waals surface area contributed by atoms with Crippen LogP contribution in [0.25, 0.3) is 6.08 Å². The van der Waals surface area contributed by atoms with Crippen LogP contribution in [-0.4, -0.2) is 27.3 Å². The normalized spacial score (nSPS) is 17.1. The second kappa shape index (κ2) is 7.53. The number of hydrogen-bond acceptors (Lipinski definition) is 6. The zero-order chi connectivity index (χ0) is 17.8.